The lowest BCUT2D eigenvalue weighted by Crippen LogP contribution is -2.65. The number of carbonyl (C=O) groups is 2. The lowest BCUT2D eigenvalue weighted by Gasteiger charge is -2.42. The molecular formula is C23H30N4O2. The second-order valence-corrected chi connectivity index (χ2v) is 8.16. The molecule has 0 spiro atoms. The third-order valence-electron chi connectivity index (χ3n) is 5.67. The quantitative estimate of drug-likeness (QED) is 0.641. The SMILES string of the molecule is CC(C)C(N)C(=O)NC1(C(=O)NC(Cc2ccccn2)c2ccccc2)CCC1. The minimum absolute atomic E-state index is 0.0106. The molecule has 0 saturated heterocycles. The lowest BCUT2D eigenvalue weighted by atomic mass is 9.75. The van der Waals surface area contributed by atoms with Crippen molar-refractivity contribution in [1.82, 2.24) is 15.6 Å². The molecular weight excluding hydrogens is 364 g/mol. The maximum absolute atomic E-state index is 13.3. The fraction of sp³-hybridized carbons (Fsp3) is 0.435. The van der Waals surface area contributed by atoms with E-state index in [2.05, 4.69) is 15.6 Å². The summed E-state index contributed by atoms with van der Waals surface area (Å²) in [7, 11) is 0. The standard InChI is InChI=1S/C23H30N4O2/c1-16(2)20(24)21(28)27-23(12-8-13-23)22(29)26-19(17-9-4-3-5-10-17)15-18-11-6-7-14-25-18/h3-7,9-11,14,16,19-20H,8,12-13,15,24H2,1-2H3,(H,26,29)(H,27,28). The van der Waals surface area contributed by atoms with Crippen LogP contribution in [0.2, 0.25) is 0 Å². The molecule has 154 valence electrons. The predicted octanol–water partition coefficient (Wildman–Crippen LogP) is 2.50. The van der Waals surface area contributed by atoms with Gasteiger partial charge in [-0.05, 0) is 42.9 Å². The summed E-state index contributed by atoms with van der Waals surface area (Å²) < 4.78 is 0. The lowest BCUT2D eigenvalue weighted by molar-refractivity contribution is -0.138. The van der Waals surface area contributed by atoms with Gasteiger partial charge in [0.2, 0.25) is 11.8 Å². The number of amides is 2. The molecule has 6 heteroatoms. The zero-order valence-corrected chi connectivity index (χ0v) is 17.1. The van der Waals surface area contributed by atoms with E-state index in [1.54, 1.807) is 6.20 Å². The first-order chi connectivity index (χ1) is 13.9. The maximum Gasteiger partial charge on any atom is 0.246 e. The molecule has 1 aliphatic rings. The van der Waals surface area contributed by atoms with Crippen molar-refractivity contribution < 1.29 is 9.59 Å². The van der Waals surface area contributed by atoms with Crippen molar-refractivity contribution in [2.75, 3.05) is 0 Å². The van der Waals surface area contributed by atoms with Gasteiger partial charge in [-0.25, -0.2) is 0 Å². The zero-order chi connectivity index (χ0) is 20.9. The fourth-order valence-electron chi connectivity index (χ4n) is 3.52. The highest BCUT2D eigenvalue weighted by molar-refractivity contribution is 5.94. The Labute approximate surface area is 172 Å². The summed E-state index contributed by atoms with van der Waals surface area (Å²) >= 11 is 0. The van der Waals surface area contributed by atoms with Gasteiger partial charge in [0, 0.05) is 18.3 Å². The summed E-state index contributed by atoms with van der Waals surface area (Å²) in [6.07, 6.45) is 4.48. The maximum atomic E-state index is 13.3. The molecule has 6 nitrogen and oxygen atoms in total. The van der Waals surface area contributed by atoms with Gasteiger partial charge in [0.25, 0.3) is 0 Å². The summed E-state index contributed by atoms with van der Waals surface area (Å²) in [5.74, 6) is -0.412. The molecule has 4 N–H and O–H groups in total. The van der Waals surface area contributed by atoms with Crippen LogP contribution in [0.4, 0.5) is 0 Å². The van der Waals surface area contributed by atoms with Gasteiger partial charge in [-0.3, -0.25) is 14.6 Å². The van der Waals surface area contributed by atoms with Crippen LogP contribution in [0.1, 0.15) is 50.4 Å². The van der Waals surface area contributed by atoms with Crippen LogP contribution in [0.15, 0.2) is 54.7 Å². The van der Waals surface area contributed by atoms with Crippen molar-refractivity contribution in [3.63, 3.8) is 0 Å². The van der Waals surface area contributed by atoms with Crippen LogP contribution in [0, 0.1) is 5.92 Å². The Bertz CT molecular complexity index is 819. The summed E-state index contributed by atoms with van der Waals surface area (Å²) in [5, 5.41) is 6.10. The van der Waals surface area contributed by atoms with Crippen LogP contribution < -0.4 is 16.4 Å². The molecule has 2 aromatic rings. The molecule has 0 aliphatic heterocycles. The molecule has 1 aliphatic carbocycles. The van der Waals surface area contributed by atoms with E-state index < -0.39 is 11.6 Å². The third kappa shape index (κ3) is 5.01. The Morgan fingerprint density at radius 2 is 1.79 bits per heavy atom. The van der Waals surface area contributed by atoms with Crippen LogP contribution in [-0.4, -0.2) is 28.4 Å². The highest BCUT2D eigenvalue weighted by Crippen LogP contribution is 2.33. The number of pyridine rings is 1. The second-order valence-electron chi connectivity index (χ2n) is 8.16. The molecule has 1 heterocycles. The van der Waals surface area contributed by atoms with E-state index in [1.807, 2.05) is 62.4 Å². The Hall–Kier alpha value is -2.73. The number of aromatic nitrogens is 1. The minimum atomic E-state index is -0.874. The van der Waals surface area contributed by atoms with E-state index in [-0.39, 0.29) is 23.8 Å². The van der Waals surface area contributed by atoms with E-state index in [0.29, 0.717) is 19.3 Å². The molecule has 3 rings (SSSR count). The van der Waals surface area contributed by atoms with Crippen molar-refractivity contribution >= 4 is 11.8 Å². The Balaban J connectivity index is 1.77. The summed E-state index contributed by atoms with van der Waals surface area (Å²) in [6, 6.07) is 14.7. The molecule has 1 saturated carbocycles. The van der Waals surface area contributed by atoms with Crippen LogP contribution in [0.25, 0.3) is 0 Å². The van der Waals surface area contributed by atoms with E-state index in [0.717, 1.165) is 17.7 Å². The van der Waals surface area contributed by atoms with Crippen LogP contribution >= 0.6 is 0 Å². The highest BCUT2D eigenvalue weighted by Gasteiger charge is 2.46. The van der Waals surface area contributed by atoms with Gasteiger partial charge >= 0.3 is 0 Å². The van der Waals surface area contributed by atoms with Gasteiger partial charge < -0.3 is 16.4 Å². The number of nitrogens with one attached hydrogen (secondary N) is 2. The molecule has 2 atom stereocenters. The number of hydrogen-bond donors (Lipinski definition) is 3. The number of carbonyl (C=O) groups excluding carboxylic acids is 2. The molecule has 1 fully saturated rings. The van der Waals surface area contributed by atoms with Crippen LogP contribution in [-0.2, 0) is 16.0 Å². The molecule has 1 aromatic heterocycles. The topological polar surface area (TPSA) is 97.1 Å². The minimum Gasteiger partial charge on any atom is -0.347 e. The number of nitrogens with zero attached hydrogens (tertiary/aromatic N) is 1. The number of hydrogen-bond acceptors (Lipinski definition) is 4. The van der Waals surface area contributed by atoms with Crippen molar-refractivity contribution in [3.8, 4) is 0 Å². The van der Waals surface area contributed by atoms with Crippen molar-refractivity contribution in [2.45, 2.75) is 57.2 Å². The molecule has 2 amide bonds. The van der Waals surface area contributed by atoms with Gasteiger partial charge in [-0.2, -0.15) is 0 Å². The number of rotatable bonds is 8. The van der Waals surface area contributed by atoms with Gasteiger partial charge in [-0.1, -0.05) is 50.2 Å². The van der Waals surface area contributed by atoms with Crippen molar-refractivity contribution in [1.29, 1.82) is 0 Å². The van der Waals surface area contributed by atoms with Crippen molar-refractivity contribution in [3.05, 3.63) is 66.0 Å². The second kappa shape index (κ2) is 9.18. The molecule has 0 bridgehead atoms. The normalized spacial score (nSPS) is 17.1. The van der Waals surface area contributed by atoms with E-state index in [1.165, 1.54) is 0 Å². The largest absolute Gasteiger partial charge is 0.347 e. The van der Waals surface area contributed by atoms with Gasteiger partial charge in [0.05, 0.1) is 12.1 Å². The third-order valence-corrected chi connectivity index (χ3v) is 5.67. The average Bonchev–Trinajstić information content (AvgIpc) is 2.70. The Kier molecular flexibility index (Phi) is 6.64. The Morgan fingerprint density at radius 1 is 1.10 bits per heavy atom. The fourth-order valence-corrected chi connectivity index (χ4v) is 3.52. The molecule has 2 unspecified atom stereocenters. The van der Waals surface area contributed by atoms with Gasteiger partial charge in [0.1, 0.15) is 5.54 Å². The first kappa shape index (κ1) is 21.0. The smallest absolute Gasteiger partial charge is 0.246 e. The zero-order valence-electron chi connectivity index (χ0n) is 17.1. The van der Waals surface area contributed by atoms with Crippen LogP contribution in [0.5, 0.6) is 0 Å². The Morgan fingerprint density at radius 3 is 2.34 bits per heavy atom. The molecule has 1 aromatic carbocycles. The van der Waals surface area contributed by atoms with Crippen molar-refractivity contribution in [2.24, 2.45) is 11.7 Å². The first-order valence-electron chi connectivity index (χ1n) is 10.2. The van der Waals surface area contributed by atoms with E-state index in [9.17, 15) is 9.59 Å². The number of nitrogens with two attached hydrogens (primary N) is 1. The predicted molar refractivity (Wildman–Crippen MR) is 113 cm³/mol. The highest BCUT2D eigenvalue weighted by atomic mass is 16.2. The summed E-state index contributed by atoms with van der Waals surface area (Å²) in [5.41, 5.74) is 7.02. The summed E-state index contributed by atoms with van der Waals surface area (Å²) in [4.78, 5) is 30.2. The molecule has 29 heavy (non-hydrogen) atoms. The van der Waals surface area contributed by atoms with Gasteiger partial charge in [-0.15, -0.1) is 0 Å². The van der Waals surface area contributed by atoms with E-state index >= 15 is 0 Å². The summed E-state index contributed by atoms with van der Waals surface area (Å²) in [6.45, 7) is 3.80. The monoisotopic (exact) mass is 394 g/mol. The van der Waals surface area contributed by atoms with E-state index in [4.69, 9.17) is 5.73 Å². The van der Waals surface area contributed by atoms with Gasteiger partial charge in [0.15, 0.2) is 0 Å². The van der Waals surface area contributed by atoms with Crippen LogP contribution in [0.3, 0.4) is 0 Å². The first-order valence-corrected chi connectivity index (χ1v) is 10.2. The number of benzene rings is 1. The average molecular weight is 395 g/mol. The molecule has 0 radical (unpaired) electrons.